The first-order chi connectivity index (χ1) is 16.1. The lowest BCUT2D eigenvalue weighted by atomic mass is 10.2. The minimum Gasteiger partial charge on any atom is -0.493 e. The van der Waals surface area contributed by atoms with Gasteiger partial charge in [-0.05, 0) is 24.3 Å². The van der Waals surface area contributed by atoms with Crippen LogP contribution in [0, 0.1) is 0 Å². The van der Waals surface area contributed by atoms with Crippen LogP contribution in [-0.4, -0.2) is 45.2 Å². The third kappa shape index (κ3) is 3.82. The maximum absolute atomic E-state index is 13.3. The van der Waals surface area contributed by atoms with Crippen molar-refractivity contribution in [2.45, 2.75) is 17.6 Å². The molecule has 1 atom stereocenters. The van der Waals surface area contributed by atoms with Crippen molar-refractivity contribution in [1.29, 1.82) is 0 Å². The molecule has 4 aromatic rings. The Morgan fingerprint density at radius 1 is 1.15 bits per heavy atom. The van der Waals surface area contributed by atoms with Crippen LogP contribution in [-0.2, 0) is 4.79 Å². The van der Waals surface area contributed by atoms with Gasteiger partial charge in [-0.15, -0.1) is 0 Å². The van der Waals surface area contributed by atoms with E-state index in [9.17, 15) is 9.59 Å². The van der Waals surface area contributed by atoms with Crippen LogP contribution in [0.25, 0.3) is 16.7 Å². The summed E-state index contributed by atoms with van der Waals surface area (Å²) in [5, 5.41) is 8.26. The quantitative estimate of drug-likeness (QED) is 0.438. The molecule has 33 heavy (non-hydrogen) atoms. The van der Waals surface area contributed by atoms with Crippen LogP contribution in [0.1, 0.15) is 12.5 Å². The Morgan fingerprint density at radius 3 is 2.70 bits per heavy atom. The SMILES string of the molecule is COc1ccc(NC(=O)CC2CSc3nc4c(cnn4-c4ccccc4)c(=O)n32)cc1OC. The highest BCUT2D eigenvalue weighted by Crippen LogP contribution is 2.34. The Bertz CT molecular complexity index is 1400. The molecule has 0 aliphatic carbocycles. The molecule has 0 saturated heterocycles. The summed E-state index contributed by atoms with van der Waals surface area (Å²) in [6, 6.07) is 14.4. The molecule has 10 heteroatoms. The van der Waals surface area contributed by atoms with Gasteiger partial charge in [-0.1, -0.05) is 30.0 Å². The fourth-order valence-electron chi connectivity index (χ4n) is 3.88. The standard InChI is InChI=1S/C23H21N5O4S/c1-31-18-9-8-14(10-19(18)32-2)25-20(29)11-16-13-33-23-26-21-17(22(30)27(16)23)12-24-28(21)15-6-4-3-5-7-15/h3-10,12,16H,11,13H2,1-2H3,(H,25,29). The molecular weight excluding hydrogens is 442 g/mol. The maximum atomic E-state index is 13.3. The number of carbonyl (C=O) groups excluding carboxylic acids is 1. The molecule has 0 spiro atoms. The van der Waals surface area contributed by atoms with Gasteiger partial charge in [0.05, 0.1) is 32.1 Å². The molecule has 9 nitrogen and oxygen atoms in total. The summed E-state index contributed by atoms with van der Waals surface area (Å²) in [6.07, 6.45) is 1.68. The van der Waals surface area contributed by atoms with Crippen LogP contribution in [0.2, 0.25) is 0 Å². The predicted molar refractivity (Wildman–Crippen MR) is 126 cm³/mol. The summed E-state index contributed by atoms with van der Waals surface area (Å²) in [4.78, 5) is 30.7. The van der Waals surface area contributed by atoms with Gasteiger partial charge in [0, 0.05) is 23.9 Å². The van der Waals surface area contributed by atoms with Gasteiger partial charge >= 0.3 is 0 Å². The molecule has 2 aromatic heterocycles. The second kappa shape index (κ2) is 8.62. The molecule has 2 aromatic carbocycles. The number of nitrogens with one attached hydrogen (secondary N) is 1. The van der Waals surface area contributed by atoms with Gasteiger partial charge in [0.15, 0.2) is 22.3 Å². The highest BCUT2D eigenvalue weighted by atomic mass is 32.2. The number of methoxy groups -OCH3 is 2. The number of aromatic nitrogens is 4. The number of benzene rings is 2. The molecule has 1 aliphatic rings. The van der Waals surface area contributed by atoms with E-state index in [1.165, 1.54) is 25.1 Å². The van der Waals surface area contributed by atoms with Gasteiger partial charge in [0.2, 0.25) is 5.91 Å². The van der Waals surface area contributed by atoms with Gasteiger partial charge in [0.25, 0.3) is 5.56 Å². The van der Waals surface area contributed by atoms with Gasteiger partial charge in [0.1, 0.15) is 5.39 Å². The van der Waals surface area contributed by atoms with E-state index in [0.29, 0.717) is 39.1 Å². The second-order valence-electron chi connectivity index (χ2n) is 7.49. The van der Waals surface area contributed by atoms with E-state index in [1.54, 1.807) is 34.6 Å². The molecule has 0 bridgehead atoms. The Balaban J connectivity index is 1.40. The Labute approximate surface area is 193 Å². The number of para-hydroxylation sites is 1. The van der Waals surface area contributed by atoms with Crippen LogP contribution in [0.5, 0.6) is 11.5 Å². The zero-order valence-corrected chi connectivity index (χ0v) is 18.8. The molecule has 168 valence electrons. The van der Waals surface area contributed by atoms with E-state index in [0.717, 1.165) is 5.69 Å². The normalized spacial score (nSPS) is 14.8. The van der Waals surface area contributed by atoms with Crippen molar-refractivity contribution in [3.63, 3.8) is 0 Å². The van der Waals surface area contributed by atoms with E-state index < -0.39 is 0 Å². The molecule has 1 N–H and O–H groups in total. The lowest BCUT2D eigenvalue weighted by Crippen LogP contribution is -2.27. The lowest BCUT2D eigenvalue weighted by molar-refractivity contribution is -0.116. The third-order valence-electron chi connectivity index (χ3n) is 5.46. The molecule has 5 rings (SSSR count). The second-order valence-corrected chi connectivity index (χ2v) is 8.47. The number of carbonyl (C=O) groups is 1. The Morgan fingerprint density at radius 2 is 1.94 bits per heavy atom. The van der Waals surface area contributed by atoms with Crippen molar-refractivity contribution in [1.82, 2.24) is 19.3 Å². The fraction of sp³-hybridized carbons (Fsp3) is 0.217. The highest BCUT2D eigenvalue weighted by molar-refractivity contribution is 7.99. The Kier molecular flexibility index (Phi) is 5.51. The minimum absolute atomic E-state index is 0.147. The number of amides is 1. The van der Waals surface area contributed by atoms with Crippen molar-refractivity contribution in [3.8, 4) is 17.2 Å². The minimum atomic E-state index is -0.297. The van der Waals surface area contributed by atoms with E-state index in [2.05, 4.69) is 10.4 Å². The van der Waals surface area contributed by atoms with Gasteiger partial charge in [-0.2, -0.15) is 5.10 Å². The number of thioether (sulfide) groups is 1. The molecule has 1 aliphatic heterocycles. The summed E-state index contributed by atoms with van der Waals surface area (Å²) < 4.78 is 13.8. The van der Waals surface area contributed by atoms with Crippen LogP contribution in [0.3, 0.4) is 0 Å². The van der Waals surface area contributed by atoms with Gasteiger partial charge in [-0.25, -0.2) is 9.67 Å². The summed E-state index contributed by atoms with van der Waals surface area (Å²) in [7, 11) is 3.09. The number of rotatable bonds is 6. The summed E-state index contributed by atoms with van der Waals surface area (Å²) >= 11 is 1.47. The van der Waals surface area contributed by atoms with Gasteiger partial charge in [-0.3, -0.25) is 14.2 Å². The monoisotopic (exact) mass is 463 g/mol. The lowest BCUT2D eigenvalue weighted by Gasteiger charge is -2.14. The van der Waals surface area contributed by atoms with Crippen molar-refractivity contribution in [3.05, 3.63) is 65.1 Å². The molecule has 1 amide bonds. The van der Waals surface area contributed by atoms with E-state index >= 15 is 0 Å². The molecule has 0 saturated carbocycles. The predicted octanol–water partition coefficient (Wildman–Crippen LogP) is 3.28. The summed E-state index contributed by atoms with van der Waals surface area (Å²) in [5.41, 5.74) is 1.75. The average Bonchev–Trinajstić information content (AvgIpc) is 3.44. The number of ether oxygens (including phenoxy) is 2. The van der Waals surface area contributed by atoms with Crippen molar-refractivity contribution in [2.75, 3.05) is 25.3 Å². The number of fused-ring (bicyclic) bond motifs is 2. The first-order valence-electron chi connectivity index (χ1n) is 10.3. The zero-order chi connectivity index (χ0) is 22.9. The van der Waals surface area contributed by atoms with Crippen molar-refractivity contribution >= 4 is 34.4 Å². The molecule has 3 heterocycles. The third-order valence-corrected chi connectivity index (χ3v) is 6.56. The maximum Gasteiger partial charge on any atom is 0.265 e. The first-order valence-corrected chi connectivity index (χ1v) is 11.3. The fourth-order valence-corrected chi connectivity index (χ4v) is 5.01. The number of hydrogen-bond donors (Lipinski definition) is 1. The van der Waals surface area contributed by atoms with Crippen molar-refractivity contribution < 1.29 is 14.3 Å². The van der Waals surface area contributed by atoms with E-state index in [1.807, 2.05) is 30.3 Å². The smallest absolute Gasteiger partial charge is 0.265 e. The first kappa shape index (κ1) is 21.1. The zero-order valence-electron chi connectivity index (χ0n) is 18.0. The highest BCUT2D eigenvalue weighted by Gasteiger charge is 2.29. The van der Waals surface area contributed by atoms with Crippen LogP contribution in [0.4, 0.5) is 5.69 Å². The topological polar surface area (TPSA) is 100 Å². The molecule has 0 radical (unpaired) electrons. The summed E-state index contributed by atoms with van der Waals surface area (Å²) in [6.45, 7) is 0. The van der Waals surface area contributed by atoms with Crippen LogP contribution < -0.4 is 20.3 Å². The van der Waals surface area contributed by atoms with E-state index in [-0.39, 0.29) is 23.9 Å². The van der Waals surface area contributed by atoms with Crippen LogP contribution >= 0.6 is 11.8 Å². The Hall–Kier alpha value is -3.79. The average molecular weight is 464 g/mol. The van der Waals surface area contributed by atoms with Gasteiger partial charge < -0.3 is 14.8 Å². The van der Waals surface area contributed by atoms with Crippen LogP contribution in [0.15, 0.2) is 64.7 Å². The molecule has 1 unspecified atom stereocenters. The van der Waals surface area contributed by atoms with E-state index in [4.69, 9.17) is 14.5 Å². The molecular formula is C23H21N5O4S. The van der Waals surface area contributed by atoms with Crippen molar-refractivity contribution in [2.24, 2.45) is 0 Å². The number of anilines is 1. The largest absolute Gasteiger partial charge is 0.493 e. The number of hydrogen-bond acceptors (Lipinski definition) is 7. The number of nitrogens with zero attached hydrogens (tertiary/aromatic N) is 4. The summed E-state index contributed by atoms with van der Waals surface area (Å²) in [5.74, 6) is 1.49. The molecule has 0 fully saturated rings.